The molecular weight excluding hydrogens is 202 g/mol. The minimum Gasteiger partial charge on any atom is -0.462 e. The highest BCUT2D eigenvalue weighted by atomic mass is 16.5. The Morgan fingerprint density at radius 1 is 1.38 bits per heavy atom. The van der Waals surface area contributed by atoms with Crippen molar-refractivity contribution in [3.05, 3.63) is 0 Å². The molecular formula is C13H25NO2. The Labute approximate surface area is 98.9 Å². The summed E-state index contributed by atoms with van der Waals surface area (Å²) in [6, 6.07) is 0.512. The van der Waals surface area contributed by atoms with Crippen molar-refractivity contribution < 1.29 is 9.53 Å². The van der Waals surface area contributed by atoms with Gasteiger partial charge in [-0.25, -0.2) is 0 Å². The van der Waals surface area contributed by atoms with Crippen molar-refractivity contribution in [2.45, 2.75) is 65.0 Å². The number of esters is 1. The molecule has 2 unspecified atom stereocenters. The number of hydrogen-bond donors (Lipinski definition) is 1. The van der Waals surface area contributed by atoms with Gasteiger partial charge in [-0.05, 0) is 32.6 Å². The van der Waals surface area contributed by atoms with Gasteiger partial charge >= 0.3 is 5.97 Å². The molecule has 0 spiro atoms. The van der Waals surface area contributed by atoms with Crippen molar-refractivity contribution in [1.29, 1.82) is 0 Å². The largest absolute Gasteiger partial charge is 0.462 e. The van der Waals surface area contributed by atoms with E-state index in [1.54, 1.807) is 0 Å². The van der Waals surface area contributed by atoms with E-state index in [1.807, 2.05) is 13.8 Å². The number of hydrogen-bond acceptors (Lipinski definition) is 3. The van der Waals surface area contributed by atoms with E-state index in [4.69, 9.17) is 4.74 Å². The number of carbonyl (C=O) groups is 1. The number of rotatable bonds is 5. The standard InChI is InChI=1S/C13H25NO2/c1-4-11-7-5-6-8-12(11)14-9-13(15)16-10(2)3/h10-12,14H,4-9H2,1-3H3. The van der Waals surface area contributed by atoms with E-state index in [0.29, 0.717) is 12.6 Å². The topological polar surface area (TPSA) is 38.3 Å². The molecule has 0 amide bonds. The maximum absolute atomic E-state index is 11.4. The first kappa shape index (κ1) is 13.5. The highest BCUT2D eigenvalue weighted by molar-refractivity contribution is 5.71. The van der Waals surface area contributed by atoms with Gasteiger partial charge in [0.05, 0.1) is 12.6 Å². The Morgan fingerprint density at radius 2 is 2.06 bits per heavy atom. The molecule has 1 rings (SSSR count). The summed E-state index contributed by atoms with van der Waals surface area (Å²) < 4.78 is 5.11. The Balaban J connectivity index is 2.27. The van der Waals surface area contributed by atoms with E-state index < -0.39 is 0 Å². The average molecular weight is 227 g/mol. The molecule has 1 saturated carbocycles. The van der Waals surface area contributed by atoms with Crippen LogP contribution in [0.5, 0.6) is 0 Å². The monoisotopic (exact) mass is 227 g/mol. The lowest BCUT2D eigenvalue weighted by molar-refractivity contribution is -0.146. The second-order valence-electron chi connectivity index (χ2n) is 4.98. The van der Waals surface area contributed by atoms with Crippen molar-refractivity contribution >= 4 is 5.97 Å². The highest BCUT2D eigenvalue weighted by Crippen LogP contribution is 2.26. The van der Waals surface area contributed by atoms with Crippen molar-refractivity contribution in [1.82, 2.24) is 5.32 Å². The van der Waals surface area contributed by atoms with Gasteiger partial charge in [-0.1, -0.05) is 26.2 Å². The Bertz CT molecular complexity index is 216. The zero-order chi connectivity index (χ0) is 12.0. The third-order valence-corrected chi connectivity index (χ3v) is 3.31. The fourth-order valence-electron chi connectivity index (χ4n) is 2.48. The van der Waals surface area contributed by atoms with Gasteiger partial charge in [0.1, 0.15) is 0 Å². The lowest BCUT2D eigenvalue weighted by Crippen LogP contribution is -2.41. The Morgan fingerprint density at radius 3 is 2.69 bits per heavy atom. The molecule has 0 aromatic heterocycles. The van der Waals surface area contributed by atoms with Gasteiger partial charge in [0.2, 0.25) is 0 Å². The van der Waals surface area contributed by atoms with Crippen molar-refractivity contribution in [3.8, 4) is 0 Å². The van der Waals surface area contributed by atoms with Gasteiger partial charge in [-0.3, -0.25) is 4.79 Å². The molecule has 3 heteroatoms. The predicted molar refractivity (Wildman–Crippen MR) is 65.3 cm³/mol. The lowest BCUT2D eigenvalue weighted by Gasteiger charge is -2.31. The molecule has 0 aromatic rings. The SMILES string of the molecule is CCC1CCCCC1NCC(=O)OC(C)C. The van der Waals surface area contributed by atoms with Crippen LogP contribution in [0.2, 0.25) is 0 Å². The zero-order valence-corrected chi connectivity index (χ0v) is 10.8. The summed E-state index contributed by atoms with van der Waals surface area (Å²) in [5, 5.41) is 3.35. The second-order valence-corrected chi connectivity index (χ2v) is 4.98. The smallest absolute Gasteiger partial charge is 0.320 e. The molecule has 1 fully saturated rings. The average Bonchev–Trinajstić information content (AvgIpc) is 2.26. The third-order valence-electron chi connectivity index (χ3n) is 3.31. The summed E-state index contributed by atoms with van der Waals surface area (Å²) in [7, 11) is 0. The predicted octanol–water partition coefficient (Wildman–Crippen LogP) is 2.50. The van der Waals surface area contributed by atoms with Crippen LogP contribution < -0.4 is 5.32 Å². The quantitative estimate of drug-likeness (QED) is 0.733. The molecule has 1 aliphatic rings. The normalized spacial score (nSPS) is 25.8. The maximum atomic E-state index is 11.4. The van der Waals surface area contributed by atoms with Crippen LogP contribution >= 0.6 is 0 Å². The highest BCUT2D eigenvalue weighted by Gasteiger charge is 2.23. The molecule has 1 N–H and O–H groups in total. The van der Waals surface area contributed by atoms with Crippen molar-refractivity contribution in [2.75, 3.05) is 6.54 Å². The van der Waals surface area contributed by atoms with Crippen LogP contribution in [0.25, 0.3) is 0 Å². The molecule has 16 heavy (non-hydrogen) atoms. The molecule has 0 aromatic carbocycles. The van der Waals surface area contributed by atoms with E-state index in [1.165, 1.54) is 32.1 Å². The van der Waals surface area contributed by atoms with E-state index in [0.717, 1.165) is 5.92 Å². The molecule has 0 saturated heterocycles. The Kier molecular flexibility index (Phi) is 5.81. The molecule has 94 valence electrons. The van der Waals surface area contributed by atoms with Crippen LogP contribution in [0.3, 0.4) is 0 Å². The summed E-state index contributed by atoms with van der Waals surface area (Å²) >= 11 is 0. The molecule has 0 aliphatic heterocycles. The molecule has 3 nitrogen and oxygen atoms in total. The minimum absolute atomic E-state index is 0.0115. The summed E-state index contributed by atoms with van der Waals surface area (Å²) in [5.74, 6) is 0.607. The molecule has 1 aliphatic carbocycles. The van der Waals surface area contributed by atoms with Gasteiger partial charge in [0, 0.05) is 6.04 Å². The van der Waals surface area contributed by atoms with Crippen LogP contribution in [0.1, 0.15) is 52.9 Å². The fourth-order valence-corrected chi connectivity index (χ4v) is 2.48. The van der Waals surface area contributed by atoms with Crippen LogP contribution in [0.4, 0.5) is 0 Å². The molecule has 0 heterocycles. The molecule has 0 bridgehead atoms. The summed E-state index contributed by atoms with van der Waals surface area (Å²) in [5.41, 5.74) is 0. The Hall–Kier alpha value is -0.570. The van der Waals surface area contributed by atoms with Crippen LogP contribution in [0.15, 0.2) is 0 Å². The van der Waals surface area contributed by atoms with E-state index in [2.05, 4.69) is 12.2 Å². The number of ether oxygens (including phenoxy) is 1. The van der Waals surface area contributed by atoms with Gasteiger partial charge in [-0.15, -0.1) is 0 Å². The summed E-state index contributed by atoms with van der Waals surface area (Å²) in [4.78, 5) is 11.4. The van der Waals surface area contributed by atoms with Gasteiger partial charge in [0.25, 0.3) is 0 Å². The van der Waals surface area contributed by atoms with Gasteiger partial charge in [0.15, 0.2) is 0 Å². The van der Waals surface area contributed by atoms with Gasteiger partial charge in [-0.2, -0.15) is 0 Å². The number of nitrogens with one attached hydrogen (secondary N) is 1. The van der Waals surface area contributed by atoms with Crippen molar-refractivity contribution in [3.63, 3.8) is 0 Å². The fraction of sp³-hybridized carbons (Fsp3) is 0.923. The zero-order valence-electron chi connectivity index (χ0n) is 10.8. The van der Waals surface area contributed by atoms with E-state index in [-0.39, 0.29) is 12.1 Å². The van der Waals surface area contributed by atoms with Crippen LogP contribution in [0, 0.1) is 5.92 Å². The minimum atomic E-state index is -0.129. The van der Waals surface area contributed by atoms with Crippen LogP contribution in [-0.4, -0.2) is 24.7 Å². The maximum Gasteiger partial charge on any atom is 0.320 e. The van der Waals surface area contributed by atoms with Crippen molar-refractivity contribution in [2.24, 2.45) is 5.92 Å². The van der Waals surface area contributed by atoms with Crippen LogP contribution in [-0.2, 0) is 9.53 Å². The van der Waals surface area contributed by atoms with E-state index >= 15 is 0 Å². The van der Waals surface area contributed by atoms with Gasteiger partial charge < -0.3 is 10.1 Å². The first-order chi connectivity index (χ1) is 7.63. The third kappa shape index (κ3) is 4.52. The lowest BCUT2D eigenvalue weighted by atomic mass is 9.83. The molecule has 2 atom stereocenters. The first-order valence-electron chi connectivity index (χ1n) is 6.56. The summed E-state index contributed by atoms with van der Waals surface area (Å²) in [6.45, 7) is 6.36. The first-order valence-corrected chi connectivity index (χ1v) is 6.56. The molecule has 0 radical (unpaired) electrons. The van der Waals surface area contributed by atoms with E-state index in [9.17, 15) is 4.79 Å². The second kappa shape index (κ2) is 6.89. The number of carbonyl (C=O) groups excluding carboxylic acids is 1. The summed E-state index contributed by atoms with van der Waals surface area (Å²) in [6.07, 6.45) is 6.32.